The highest BCUT2D eigenvalue weighted by Crippen LogP contribution is 2.30. The highest BCUT2D eigenvalue weighted by molar-refractivity contribution is 6.30. The van der Waals surface area contributed by atoms with E-state index in [0.29, 0.717) is 0 Å². The molecular weight excluding hydrogens is 270 g/mol. The molecule has 0 bridgehead atoms. The highest BCUT2D eigenvalue weighted by atomic mass is 35.5. The van der Waals surface area contributed by atoms with Crippen molar-refractivity contribution < 1.29 is 4.74 Å². The van der Waals surface area contributed by atoms with Gasteiger partial charge >= 0.3 is 0 Å². The lowest BCUT2D eigenvalue weighted by Crippen LogP contribution is -2.26. The molecule has 0 spiro atoms. The first kappa shape index (κ1) is 15.7. The van der Waals surface area contributed by atoms with Crippen LogP contribution in [0.25, 0.3) is 0 Å². The predicted octanol–water partition coefficient (Wildman–Crippen LogP) is 4.65. The van der Waals surface area contributed by atoms with Crippen molar-refractivity contribution in [2.45, 2.75) is 45.6 Å². The fourth-order valence-corrected chi connectivity index (χ4v) is 3.33. The molecule has 0 aromatic heterocycles. The Morgan fingerprint density at radius 1 is 1.20 bits per heavy atom. The number of rotatable bonds is 6. The van der Waals surface area contributed by atoms with Crippen molar-refractivity contribution in [1.29, 1.82) is 0 Å². The topological polar surface area (TPSA) is 21.3 Å². The molecule has 2 nitrogen and oxygen atoms in total. The molecule has 0 unspecified atom stereocenters. The second kappa shape index (κ2) is 7.90. The third-order valence-electron chi connectivity index (χ3n) is 4.53. The van der Waals surface area contributed by atoms with Gasteiger partial charge in [-0.1, -0.05) is 37.8 Å². The van der Waals surface area contributed by atoms with E-state index >= 15 is 0 Å². The molecule has 0 heterocycles. The van der Waals surface area contributed by atoms with Gasteiger partial charge in [0, 0.05) is 17.1 Å². The van der Waals surface area contributed by atoms with Crippen molar-refractivity contribution in [1.82, 2.24) is 5.32 Å². The SMILES string of the molecule is CCC1CCC(CNCc2cc(Cl)ccc2OC)CC1. The zero-order valence-electron chi connectivity index (χ0n) is 12.6. The molecule has 1 N–H and O–H groups in total. The van der Waals surface area contributed by atoms with Gasteiger partial charge in [-0.3, -0.25) is 0 Å². The van der Waals surface area contributed by atoms with Crippen LogP contribution in [-0.4, -0.2) is 13.7 Å². The van der Waals surface area contributed by atoms with E-state index in [0.717, 1.165) is 41.3 Å². The Morgan fingerprint density at radius 3 is 2.55 bits per heavy atom. The molecule has 20 heavy (non-hydrogen) atoms. The standard InChI is InChI=1S/C17H26ClNO/c1-3-13-4-6-14(7-5-13)11-19-12-15-10-16(18)8-9-17(15)20-2/h8-10,13-14,19H,3-7,11-12H2,1-2H3. The van der Waals surface area contributed by atoms with Crippen LogP contribution in [0.1, 0.15) is 44.6 Å². The van der Waals surface area contributed by atoms with Crippen LogP contribution < -0.4 is 10.1 Å². The third-order valence-corrected chi connectivity index (χ3v) is 4.77. The molecule has 0 atom stereocenters. The summed E-state index contributed by atoms with van der Waals surface area (Å²) < 4.78 is 5.37. The molecule has 1 aromatic carbocycles. The molecule has 0 saturated heterocycles. The number of hydrogen-bond acceptors (Lipinski definition) is 2. The van der Waals surface area contributed by atoms with Gasteiger partial charge in [0.05, 0.1) is 7.11 Å². The van der Waals surface area contributed by atoms with Crippen LogP contribution in [0.2, 0.25) is 5.02 Å². The van der Waals surface area contributed by atoms with E-state index in [4.69, 9.17) is 16.3 Å². The van der Waals surface area contributed by atoms with E-state index in [2.05, 4.69) is 12.2 Å². The summed E-state index contributed by atoms with van der Waals surface area (Å²) in [6, 6.07) is 5.79. The Labute approximate surface area is 127 Å². The first-order valence-corrected chi connectivity index (χ1v) is 8.13. The van der Waals surface area contributed by atoms with E-state index < -0.39 is 0 Å². The van der Waals surface area contributed by atoms with E-state index in [1.165, 1.54) is 32.1 Å². The molecule has 3 heteroatoms. The van der Waals surface area contributed by atoms with E-state index in [1.807, 2.05) is 18.2 Å². The number of methoxy groups -OCH3 is 1. The van der Waals surface area contributed by atoms with Crippen LogP contribution in [0.4, 0.5) is 0 Å². The molecule has 0 radical (unpaired) electrons. The highest BCUT2D eigenvalue weighted by Gasteiger charge is 2.19. The monoisotopic (exact) mass is 295 g/mol. The first-order valence-electron chi connectivity index (χ1n) is 7.76. The van der Waals surface area contributed by atoms with E-state index in [1.54, 1.807) is 7.11 Å². The van der Waals surface area contributed by atoms with E-state index in [9.17, 15) is 0 Å². The maximum absolute atomic E-state index is 6.05. The average molecular weight is 296 g/mol. The molecule has 2 rings (SSSR count). The summed E-state index contributed by atoms with van der Waals surface area (Å²) in [7, 11) is 1.71. The number of benzene rings is 1. The summed E-state index contributed by atoms with van der Waals surface area (Å²) in [6.07, 6.45) is 6.91. The minimum absolute atomic E-state index is 0.769. The van der Waals surface area contributed by atoms with Gasteiger partial charge in [-0.2, -0.15) is 0 Å². The molecule has 1 saturated carbocycles. The minimum atomic E-state index is 0.769. The second-order valence-electron chi connectivity index (χ2n) is 5.88. The van der Waals surface area contributed by atoms with Crippen molar-refractivity contribution in [2.24, 2.45) is 11.8 Å². The molecule has 112 valence electrons. The van der Waals surface area contributed by atoms with Crippen LogP contribution >= 0.6 is 11.6 Å². The zero-order valence-corrected chi connectivity index (χ0v) is 13.4. The summed E-state index contributed by atoms with van der Waals surface area (Å²) in [6.45, 7) is 4.25. The summed E-state index contributed by atoms with van der Waals surface area (Å²) in [4.78, 5) is 0. The van der Waals surface area contributed by atoms with Gasteiger partial charge in [0.25, 0.3) is 0 Å². The van der Waals surface area contributed by atoms with Gasteiger partial charge in [-0.15, -0.1) is 0 Å². The molecule has 0 amide bonds. The Morgan fingerprint density at radius 2 is 1.90 bits per heavy atom. The number of nitrogens with one attached hydrogen (secondary N) is 1. The molecule has 1 aliphatic carbocycles. The maximum Gasteiger partial charge on any atom is 0.123 e. The smallest absolute Gasteiger partial charge is 0.123 e. The fraction of sp³-hybridized carbons (Fsp3) is 0.647. The fourth-order valence-electron chi connectivity index (χ4n) is 3.14. The molecule has 0 aliphatic heterocycles. The normalized spacial score (nSPS) is 22.8. The Bertz CT molecular complexity index is 413. The lowest BCUT2D eigenvalue weighted by atomic mass is 9.81. The van der Waals surface area contributed by atoms with Crippen LogP contribution in [0.15, 0.2) is 18.2 Å². The Hall–Kier alpha value is -0.730. The molecule has 1 aromatic rings. The average Bonchev–Trinajstić information content (AvgIpc) is 2.48. The van der Waals surface area contributed by atoms with Crippen molar-refractivity contribution in [3.05, 3.63) is 28.8 Å². The quantitative estimate of drug-likeness (QED) is 0.824. The van der Waals surface area contributed by atoms with Gasteiger partial charge in [-0.05, 0) is 49.4 Å². The zero-order chi connectivity index (χ0) is 14.4. The lowest BCUT2D eigenvalue weighted by Gasteiger charge is -2.28. The number of ether oxygens (including phenoxy) is 1. The molecule has 1 aliphatic rings. The van der Waals surface area contributed by atoms with Crippen LogP contribution in [-0.2, 0) is 6.54 Å². The third kappa shape index (κ3) is 4.39. The predicted molar refractivity (Wildman–Crippen MR) is 85.4 cm³/mol. The van der Waals surface area contributed by atoms with Gasteiger partial charge in [0.1, 0.15) is 5.75 Å². The van der Waals surface area contributed by atoms with E-state index in [-0.39, 0.29) is 0 Å². The van der Waals surface area contributed by atoms with Crippen molar-refractivity contribution in [2.75, 3.05) is 13.7 Å². The minimum Gasteiger partial charge on any atom is -0.496 e. The van der Waals surface area contributed by atoms with Crippen LogP contribution in [0.5, 0.6) is 5.75 Å². The van der Waals surface area contributed by atoms with Crippen LogP contribution in [0.3, 0.4) is 0 Å². The van der Waals surface area contributed by atoms with Gasteiger partial charge in [-0.25, -0.2) is 0 Å². The Balaban J connectivity index is 1.77. The summed E-state index contributed by atoms with van der Waals surface area (Å²) in [5.41, 5.74) is 1.14. The molecular formula is C17H26ClNO. The lowest BCUT2D eigenvalue weighted by molar-refractivity contribution is 0.262. The van der Waals surface area contributed by atoms with Gasteiger partial charge in [0.15, 0.2) is 0 Å². The first-order chi connectivity index (χ1) is 9.72. The number of halogens is 1. The summed E-state index contributed by atoms with van der Waals surface area (Å²) in [5, 5.41) is 4.34. The van der Waals surface area contributed by atoms with Crippen LogP contribution in [0, 0.1) is 11.8 Å². The number of hydrogen-bond donors (Lipinski definition) is 1. The van der Waals surface area contributed by atoms with Crippen molar-refractivity contribution >= 4 is 11.6 Å². The Kier molecular flexibility index (Phi) is 6.18. The molecule has 1 fully saturated rings. The maximum atomic E-state index is 6.05. The van der Waals surface area contributed by atoms with Crippen molar-refractivity contribution in [3.63, 3.8) is 0 Å². The summed E-state index contributed by atoms with van der Waals surface area (Å²) >= 11 is 6.05. The van der Waals surface area contributed by atoms with Gasteiger partial charge < -0.3 is 10.1 Å². The second-order valence-corrected chi connectivity index (χ2v) is 6.32. The summed E-state index contributed by atoms with van der Waals surface area (Å²) in [5.74, 6) is 2.72. The van der Waals surface area contributed by atoms with Gasteiger partial charge in [0.2, 0.25) is 0 Å². The van der Waals surface area contributed by atoms with Crippen molar-refractivity contribution in [3.8, 4) is 5.75 Å². The largest absolute Gasteiger partial charge is 0.496 e.